The lowest BCUT2D eigenvalue weighted by molar-refractivity contribution is 0.0807. The lowest BCUT2D eigenvalue weighted by atomic mass is 9.62. The lowest BCUT2D eigenvalue weighted by Gasteiger charge is -2.46. The Morgan fingerprint density at radius 1 is 1.32 bits per heavy atom. The van der Waals surface area contributed by atoms with Gasteiger partial charge in [0.15, 0.2) is 0 Å². The van der Waals surface area contributed by atoms with Crippen LogP contribution in [0.3, 0.4) is 0 Å². The topological polar surface area (TPSA) is 96.3 Å². The molecule has 1 heterocycles. The van der Waals surface area contributed by atoms with Crippen molar-refractivity contribution >= 4 is 12.1 Å². The van der Waals surface area contributed by atoms with E-state index in [1.54, 1.807) is 12.3 Å². The molecule has 1 saturated carbocycles. The number of carbonyl (C=O) groups excluding carboxylic acids is 2. The molecule has 7 nitrogen and oxygen atoms in total. The highest BCUT2D eigenvalue weighted by atomic mass is 16.2. The van der Waals surface area contributed by atoms with E-state index in [0.717, 1.165) is 30.5 Å². The molecule has 0 aromatic carbocycles. The molecule has 1 aromatic rings. The van der Waals surface area contributed by atoms with Crippen molar-refractivity contribution in [1.82, 2.24) is 20.6 Å². The lowest BCUT2D eigenvalue weighted by Crippen LogP contribution is -2.50. The maximum Gasteiger partial charge on any atom is 0.315 e. The van der Waals surface area contributed by atoms with Crippen molar-refractivity contribution in [2.24, 2.45) is 15.8 Å². The van der Waals surface area contributed by atoms with Crippen molar-refractivity contribution in [1.29, 1.82) is 0 Å². The Morgan fingerprint density at radius 2 is 2.04 bits per heavy atom. The van der Waals surface area contributed by atoms with Crippen molar-refractivity contribution in [3.05, 3.63) is 23.8 Å². The highest BCUT2D eigenvalue weighted by molar-refractivity contribution is 5.74. The van der Waals surface area contributed by atoms with Crippen LogP contribution in [0.1, 0.15) is 72.1 Å². The number of aliphatic imine (C=N–C) groups is 1. The van der Waals surface area contributed by atoms with Crippen molar-refractivity contribution in [3.63, 3.8) is 0 Å². The van der Waals surface area contributed by atoms with Crippen LogP contribution in [0.2, 0.25) is 0 Å². The van der Waals surface area contributed by atoms with Gasteiger partial charge in [-0.3, -0.25) is 0 Å². The molecule has 2 N–H and O–H groups in total. The van der Waals surface area contributed by atoms with Crippen LogP contribution in [0.5, 0.6) is 0 Å². The molecule has 0 radical (unpaired) electrons. The number of nitrogens with one attached hydrogen (secondary N) is 2. The zero-order valence-electron chi connectivity index (χ0n) is 17.9. The Hall–Kier alpha value is -2.27. The Bertz CT molecular complexity index is 749. The standard InChI is InChI=1S/C21H33N5O2/c1-19(2,3)17-15(9-22-13-25-17)10-24-18(28)26-16-7-20(4,5)11-21(6,8-16)12-23-14-27/h9,13,16H,7-8,10-12H2,1-6H3,(H2,24,26,28). The summed E-state index contributed by atoms with van der Waals surface area (Å²) in [7, 11) is 0. The van der Waals surface area contributed by atoms with E-state index in [1.807, 2.05) is 0 Å². The number of isocyanates is 1. The van der Waals surface area contributed by atoms with E-state index in [2.05, 4.69) is 67.1 Å². The van der Waals surface area contributed by atoms with E-state index in [-0.39, 0.29) is 28.3 Å². The quantitative estimate of drug-likeness (QED) is 0.597. The second kappa shape index (κ2) is 8.39. The minimum absolute atomic E-state index is 0.0321. The summed E-state index contributed by atoms with van der Waals surface area (Å²) in [5, 5.41) is 6.04. The molecule has 1 aliphatic rings. The maximum absolute atomic E-state index is 12.5. The number of urea groups is 1. The van der Waals surface area contributed by atoms with Crippen LogP contribution >= 0.6 is 0 Å². The highest BCUT2D eigenvalue weighted by Crippen LogP contribution is 2.46. The van der Waals surface area contributed by atoms with Gasteiger partial charge in [-0.05, 0) is 30.1 Å². The summed E-state index contributed by atoms with van der Waals surface area (Å²) >= 11 is 0. The number of nitrogens with zero attached hydrogens (tertiary/aromatic N) is 3. The molecule has 0 spiro atoms. The first-order valence-electron chi connectivity index (χ1n) is 9.82. The summed E-state index contributed by atoms with van der Waals surface area (Å²) in [6.45, 7) is 13.6. The monoisotopic (exact) mass is 387 g/mol. The SMILES string of the molecule is CC1(C)CC(NC(=O)NCc2cncnc2C(C)(C)C)CC(C)(CN=C=O)C1. The molecule has 28 heavy (non-hydrogen) atoms. The summed E-state index contributed by atoms with van der Waals surface area (Å²) in [6, 6.07) is -0.169. The van der Waals surface area contributed by atoms with E-state index in [9.17, 15) is 9.59 Å². The Balaban J connectivity index is 2.00. The molecule has 0 aliphatic heterocycles. The smallest absolute Gasteiger partial charge is 0.315 e. The van der Waals surface area contributed by atoms with Gasteiger partial charge in [0.1, 0.15) is 6.33 Å². The van der Waals surface area contributed by atoms with E-state index in [1.165, 1.54) is 6.33 Å². The van der Waals surface area contributed by atoms with Crippen LogP contribution < -0.4 is 10.6 Å². The van der Waals surface area contributed by atoms with Gasteiger partial charge in [0.25, 0.3) is 0 Å². The minimum Gasteiger partial charge on any atom is -0.335 e. The summed E-state index contributed by atoms with van der Waals surface area (Å²) in [6.07, 6.45) is 7.58. The maximum atomic E-state index is 12.5. The molecule has 2 amide bonds. The summed E-state index contributed by atoms with van der Waals surface area (Å²) < 4.78 is 0. The molecule has 1 fully saturated rings. The largest absolute Gasteiger partial charge is 0.335 e. The zero-order chi connectivity index (χ0) is 21.0. The molecule has 2 unspecified atom stereocenters. The Morgan fingerprint density at radius 3 is 2.68 bits per heavy atom. The van der Waals surface area contributed by atoms with E-state index in [4.69, 9.17) is 0 Å². The summed E-state index contributed by atoms with van der Waals surface area (Å²) in [5.74, 6) is 0. The van der Waals surface area contributed by atoms with Gasteiger partial charge in [-0.2, -0.15) is 0 Å². The van der Waals surface area contributed by atoms with Gasteiger partial charge in [-0.1, -0.05) is 41.5 Å². The molecule has 1 aromatic heterocycles. The van der Waals surface area contributed by atoms with Crippen LogP contribution in [0, 0.1) is 10.8 Å². The van der Waals surface area contributed by atoms with Crippen molar-refractivity contribution in [2.45, 2.75) is 78.8 Å². The first-order chi connectivity index (χ1) is 12.9. The number of amides is 2. The van der Waals surface area contributed by atoms with Gasteiger partial charge in [-0.15, -0.1) is 0 Å². The predicted octanol–water partition coefficient (Wildman–Crippen LogP) is 3.49. The van der Waals surface area contributed by atoms with Gasteiger partial charge in [0.05, 0.1) is 12.2 Å². The van der Waals surface area contributed by atoms with E-state index in [0.29, 0.717) is 13.1 Å². The second-order valence-corrected chi connectivity index (χ2v) is 10.1. The molecule has 0 bridgehead atoms. The molecule has 0 saturated heterocycles. The number of hydrogen-bond acceptors (Lipinski definition) is 5. The van der Waals surface area contributed by atoms with Gasteiger partial charge >= 0.3 is 6.03 Å². The third-order valence-corrected chi connectivity index (χ3v) is 5.24. The van der Waals surface area contributed by atoms with Gasteiger partial charge in [-0.25, -0.2) is 24.5 Å². The molecule has 2 atom stereocenters. The molecule has 2 rings (SSSR count). The van der Waals surface area contributed by atoms with Crippen molar-refractivity contribution < 1.29 is 9.59 Å². The fourth-order valence-corrected chi connectivity index (χ4v) is 4.65. The van der Waals surface area contributed by atoms with Crippen LogP contribution in [0.15, 0.2) is 17.5 Å². The number of carbonyl (C=O) groups is 1. The Kier molecular flexibility index (Phi) is 6.60. The van der Waals surface area contributed by atoms with Crippen molar-refractivity contribution in [2.75, 3.05) is 6.54 Å². The first-order valence-corrected chi connectivity index (χ1v) is 9.82. The number of rotatable bonds is 5. The van der Waals surface area contributed by atoms with Crippen LogP contribution in [0.25, 0.3) is 0 Å². The Labute approximate surface area is 167 Å². The van der Waals surface area contributed by atoms with Gasteiger partial charge in [0, 0.05) is 29.8 Å². The zero-order valence-corrected chi connectivity index (χ0v) is 17.9. The van der Waals surface area contributed by atoms with E-state index >= 15 is 0 Å². The first kappa shape index (κ1) is 22.0. The number of aromatic nitrogens is 2. The molecular weight excluding hydrogens is 354 g/mol. The average Bonchev–Trinajstić information content (AvgIpc) is 2.56. The number of hydrogen-bond donors (Lipinski definition) is 2. The van der Waals surface area contributed by atoms with Crippen molar-refractivity contribution in [3.8, 4) is 0 Å². The van der Waals surface area contributed by atoms with Crippen LogP contribution in [-0.4, -0.2) is 34.7 Å². The average molecular weight is 388 g/mol. The fraction of sp³-hybridized carbons (Fsp3) is 0.714. The fourth-order valence-electron chi connectivity index (χ4n) is 4.65. The molecule has 1 aliphatic carbocycles. The van der Waals surface area contributed by atoms with E-state index < -0.39 is 0 Å². The highest BCUT2D eigenvalue weighted by Gasteiger charge is 2.41. The van der Waals surface area contributed by atoms with Gasteiger partial charge in [0.2, 0.25) is 6.08 Å². The summed E-state index contributed by atoms with van der Waals surface area (Å²) in [5.41, 5.74) is 1.67. The molecule has 154 valence electrons. The van der Waals surface area contributed by atoms with Gasteiger partial charge < -0.3 is 10.6 Å². The van der Waals surface area contributed by atoms with Crippen LogP contribution in [0.4, 0.5) is 4.79 Å². The molecule has 7 heteroatoms. The van der Waals surface area contributed by atoms with Crippen LogP contribution in [-0.2, 0) is 16.8 Å². The third kappa shape index (κ3) is 6.13. The predicted molar refractivity (Wildman–Crippen MR) is 109 cm³/mol. The summed E-state index contributed by atoms with van der Waals surface area (Å²) in [4.78, 5) is 35.4. The second-order valence-electron chi connectivity index (χ2n) is 10.1. The normalized spacial score (nSPS) is 24.1. The third-order valence-electron chi connectivity index (χ3n) is 5.24. The molecular formula is C21H33N5O2. The minimum atomic E-state index is -0.201.